The maximum Gasteiger partial charge on any atom is 0.0127 e. The second kappa shape index (κ2) is 2.57. The van der Waals surface area contributed by atoms with Gasteiger partial charge in [-0.2, -0.15) is 0 Å². The van der Waals surface area contributed by atoms with Crippen LogP contribution < -0.4 is 0 Å². The van der Waals surface area contributed by atoms with Crippen LogP contribution in [0.25, 0.3) is 0 Å². The molecule has 0 aromatic carbocycles. The third kappa shape index (κ3) is 1.13. The highest BCUT2D eigenvalue weighted by atomic mass is 13.9. The first kappa shape index (κ1) is 5.44. The molecule has 0 aliphatic heterocycles. The maximum atomic E-state index is 3.08. The molecule has 0 N–H and O–H groups in total. The lowest BCUT2D eigenvalue weighted by Crippen LogP contribution is -1.81. The van der Waals surface area contributed by atoms with Crippen LogP contribution in [0, 0.1) is 11.8 Å². The maximum absolute atomic E-state index is 3.08. The molecule has 1 aliphatic carbocycles. The summed E-state index contributed by atoms with van der Waals surface area (Å²) in [4.78, 5) is 0. The number of allylic oxidation sites excluding steroid dienone is 2. The Balaban J connectivity index is 2.59. The fourth-order valence-corrected chi connectivity index (χ4v) is 0.778. The summed E-state index contributed by atoms with van der Waals surface area (Å²) in [5, 5.41) is 0. The predicted octanol–water partition coefficient (Wildman–Crippen LogP) is 2.12. The van der Waals surface area contributed by atoms with Gasteiger partial charge in [0, 0.05) is 6.42 Å². The molecule has 42 valence electrons. The van der Waals surface area contributed by atoms with Crippen LogP contribution in [0.3, 0.4) is 0 Å². The molecule has 0 aromatic rings. The zero-order valence-electron chi connectivity index (χ0n) is 5.20. The van der Waals surface area contributed by atoms with E-state index in [1.54, 1.807) is 0 Å². The Hall–Kier alpha value is -0.700. The summed E-state index contributed by atoms with van der Waals surface area (Å²) in [5.74, 6) is 6.15. The quantitative estimate of drug-likeness (QED) is 0.449. The second-order valence-corrected chi connectivity index (χ2v) is 1.92. The summed E-state index contributed by atoms with van der Waals surface area (Å²) in [5.41, 5.74) is 1.32. The zero-order chi connectivity index (χ0) is 5.82. The molecule has 0 fully saturated rings. The molecule has 0 atom stereocenters. The third-order valence-corrected chi connectivity index (χ3v) is 1.29. The first-order valence-electron chi connectivity index (χ1n) is 3.11. The van der Waals surface area contributed by atoms with Gasteiger partial charge in [-0.1, -0.05) is 24.8 Å². The van der Waals surface area contributed by atoms with Crippen molar-refractivity contribution in [3.8, 4) is 11.8 Å². The Labute approximate surface area is 50.6 Å². The SMILES string of the molecule is CCC1=CCCC#C1. The Morgan fingerprint density at radius 3 is 3.00 bits per heavy atom. The van der Waals surface area contributed by atoms with E-state index >= 15 is 0 Å². The van der Waals surface area contributed by atoms with E-state index in [1.807, 2.05) is 0 Å². The Bertz CT molecular complexity index is 153. The first-order chi connectivity index (χ1) is 3.93. The minimum atomic E-state index is 1.06. The summed E-state index contributed by atoms with van der Waals surface area (Å²) in [6.07, 6.45) is 5.56. The van der Waals surface area contributed by atoms with Crippen molar-refractivity contribution in [2.45, 2.75) is 26.2 Å². The van der Waals surface area contributed by atoms with E-state index in [-0.39, 0.29) is 0 Å². The molecule has 0 unspecified atom stereocenters. The summed E-state index contributed by atoms with van der Waals surface area (Å²) in [6, 6.07) is 0. The van der Waals surface area contributed by atoms with Gasteiger partial charge in [-0.15, -0.1) is 0 Å². The van der Waals surface area contributed by atoms with Crippen molar-refractivity contribution < 1.29 is 0 Å². The number of rotatable bonds is 1. The van der Waals surface area contributed by atoms with Gasteiger partial charge in [0.2, 0.25) is 0 Å². The van der Waals surface area contributed by atoms with Crippen LogP contribution in [0.15, 0.2) is 11.6 Å². The molecule has 0 bridgehead atoms. The van der Waals surface area contributed by atoms with Gasteiger partial charge in [0.05, 0.1) is 0 Å². The van der Waals surface area contributed by atoms with Gasteiger partial charge in [0.15, 0.2) is 0 Å². The van der Waals surface area contributed by atoms with E-state index in [1.165, 1.54) is 5.57 Å². The Morgan fingerprint density at radius 1 is 1.75 bits per heavy atom. The van der Waals surface area contributed by atoms with Gasteiger partial charge in [-0.3, -0.25) is 0 Å². The first-order valence-corrected chi connectivity index (χ1v) is 3.11. The van der Waals surface area contributed by atoms with E-state index in [9.17, 15) is 0 Å². The van der Waals surface area contributed by atoms with E-state index in [0.717, 1.165) is 19.3 Å². The topological polar surface area (TPSA) is 0 Å². The van der Waals surface area contributed by atoms with Gasteiger partial charge in [0.25, 0.3) is 0 Å². The van der Waals surface area contributed by atoms with Crippen LogP contribution in [-0.2, 0) is 0 Å². The smallest absolute Gasteiger partial charge is 0.0127 e. The molecule has 8 heavy (non-hydrogen) atoms. The lowest BCUT2D eigenvalue weighted by molar-refractivity contribution is 1.02. The van der Waals surface area contributed by atoms with Gasteiger partial charge in [-0.05, 0) is 18.4 Å². The molecule has 0 nitrogen and oxygen atoms in total. The summed E-state index contributed by atoms with van der Waals surface area (Å²) in [6.45, 7) is 2.14. The molecular weight excluding hydrogens is 96.1 g/mol. The van der Waals surface area contributed by atoms with Gasteiger partial charge in [-0.25, -0.2) is 0 Å². The number of hydrogen-bond donors (Lipinski definition) is 0. The fraction of sp³-hybridized carbons (Fsp3) is 0.500. The highest BCUT2D eigenvalue weighted by molar-refractivity contribution is 5.31. The minimum Gasteiger partial charge on any atom is -0.0979 e. The highest BCUT2D eigenvalue weighted by Gasteiger charge is 1.90. The molecule has 1 aliphatic rings. The van der Waals surface area contributed by atoms with Gasteiger partial charge >= 0.3 is 0 Å². The standard InChI is InChI=1S/C8H10/c1-2-8-6-4-3-5-7-8/h6H,2-4H2,1H3. The van der Waals surface area contributed by atoms with E-state index in [2.05, 4.69) is 24.8 Å². The van der Waals surface area contributed by atoms with Crippen molar-refractivity contribution in [1.29, 1.82) is 0 Å². The van der Waals surface area contributed by atoms with Crippen LogP contribution in [0.1, 0.15) is 26.2 Å². The van der Waals surface area contributed by atoms with Gasteiger partial charge in [0.1, 0.15) is 0 Å². The van der Waals surface area contributed by atoms with Crippen molar-refractivity contribution in [3.63, 3.8) is 0 Å². The predicted molar refractivity (Wildman–Crippen MR) is 35.4 cm³/mol. The summed E-state index contributed by atoms with van der Waals surface area (Å²) in [7, 11) is 0. The van der Waals surface area contributed by atoms with Crippen LogP contribution in [-0.4, -0.2) is 0 Å². The lowest BCUT2D eigenvalue weighted by atomic mass is 10.1. The highest BCUT2D eigenvalue weighted by Crippen LogP contribution is 2.05. The Morgan fingerprint density at radius 2 is 2.62 bits per heavy atom. The molecule has 0 heterocycles. The largest absolute Gasteiger partial charge is 0.0979 e. The van der Waals surface area contributed by atoms with Crippen LogP contribution >= 0.6 is 0 Å². The van der Waals surface area contributed by atoms with Crippen LogP contribution in [0.4, 0.5) is 0 Å². The fourth-order valence-electron chi connectivity index (χ4n) is 0.778. The van der Waals surface area contributed by atoms with E-state index in [4.69, 9.17) is 0 Å². The summed E-state index contributed by atoms with van der Waals surface area (Å²) >= 11 is 0. The zero-order valence-corrected chi connectivity index (χ0v) is 5.20. The van der Waals surface area contributed by atoms with Gasteiger partial charge < -0.3 is 0 Å². The van der Waals surface area contributed by atoms with Crippen LogP contribution in [0.2, 0.25) is 0 Å². The molecule has 0 saturated carbocycles. The molecule has 1 rings (SSSR count). The normalized spacial score (nSPS) is 16.4. The molecule has 0 amide bonds. The molecule has 0 aromatic heterocycles. The second-order valence-electron chi connectivity index (χ2n) is 1.92. The third-order valence-electron chi connectivity index (χ3n) is 1.29. The van der Waals surface area contributed by atoms with E-state index in [0.29, 0.717) is 0 Å². The molecule has 0 heteroatoms. The minimum absolute atomic E-state index is 1.06. The molecule has 0 radical (unpaired) electrons. The molecule has 0 spiro atoms. The average molecular weight is 106 g/mol. The number of hydrogen-bond acceptors (Lipinski definition) is 0. The average Bonchev–Trinajstić information content (AvgIpc) is 1.90. The van der Waals surface area contributed by atoms with E-state index < -0.39 is 0 Å². The van der Waals surface area contributed by atoms with Crippen molar-refractivity contribution in [3.05, 3.63) is 11.6 Å². The molecule has 0 saturated heterocycles. The monoisotopic (exact) mass is 106 g/mol. The Kier molecular flexibility index (Phi) is 1.75. The van der Waals surface area contributed by atoms with Crippen molar-refractivity contribution in [2.75, 3.05) is 0 Å². The van der Waals surface area contributed by atoms with Crippen molar-refractivity contribution >= 4 is 0 Å². The van der Waals surface area contributed by atoms with Crippen molar-refractivity contribution in [2.24, 2.45) is 0 Å². The van der Waals surface area contributed by atoms with Crippen molar-refractivity contribution in [1.82, 2.24) is 0 Å². The van der Waals surface area contributed by atoms with Crippen LogP contribution in [0.5, 0.6) is 0 Å². The molecular formula is C8H10. The lowest BCUT2D eigenvalue weighted by Gasteiger charge is -1.96. The summed E-state index contributed by atoms with van der Waals surface area (Å²) < 4.78 is 0.